The lowest BCUT2D eigenvalue weighted by molar-refractivity contribution is 0.0697. The molecule has 5 nitrogen and oxygen atoms in total. The molecule has 0 bridgehead atoms. The molecule has 100 valence electrons. The van der Waals surface area contributed by atoms with E-state index in [2.05, 4.69) is 11.2 Å². The average Bonchev–Trinajstić information content (AvgIpc) is 2.39. The third-order valence-corrected chi connectivity index (χ3v) is 2.51. The van der Waals surface area contributed by atoms with Crippen LogP contribution in [0.2, 0.25) is 0 Å². The number of carbonyl (C=O) groups excluding carboxylic acids is 1. The third kappa shape index (κ3) is 4.72. The Hall–Kier alpha value is -2.48. The van der Waals surface area contributed by atoms with Gasteiger partial charge in [0, 0.05) is 26.6 Å². The monoisotopic (exact) mass is 260 g/mol. The largest absolute Gasteiger partial charge is 0.478 e. The minimum atomic E-state index is -0.966. The van der Waals surface area contributed by atoms with Crippen LogP contribution in [0.25, 0.3) is 0 Å². The van der Waals surface area contributed by atoms with E-state index in [1.54, 1.807) is 19.2 Å². The highest BCUT2D eigenvalue weighted by molar-refractivity contribution is 5.87. The van der Waals surface area contributed by atoms with Gasteiger partial charge in [-0.25, -0.2) is 9.59 Å². The Labute approximate surface area is 112 Å². The molecule has 5 heteroatoms. The van der Waals surface area contributed by atoms with Gasteiger partial charge in [-0.2, -0.15) is 0 Å². The fourth-order valence-electron chi connectivity index (χ4n) is 1.47. The van der Waals surface area contributed by atoms with E-state index in [4.69, 9.17) is 11.5 Å². The molecule has 0 heterocycles. The Morgan fingerprint density at radius 2 is 2.00 bits per heavy atom. The van der Waals surface area contributed by atoms with Gasteiger partial charge < -0.3 is 15.3 Å². The van der Waals surface area contributed by atoms with Crippen molar-refractivity contribution in [3.63, 3.8) is 0 Å². The maximum Gasteiger partial charge on any atom is 0.335 e. The normalized spacial score (nSPS) is 9.47. The second-order valence-corrected chi connectivity index (χ2v) is 4.04. The molecule has 0 aliphatic heterocycles. The fourth-order valence-corrected chi connectivity index (χ4v) is 1.47. The fraction of sp³-hybridized carbons (Fsp3) is 0.286. The van der Waals surface area contributed by atoms with Crippen LogP contribution in [0, 0.1) is 12.3 Å². The molecule has 0 unspecified atom stereocenters. The topological polar surface area (TPSA) is 69.6 Å². The predicted molar refractivity (Wildman–Crippen MR) is 71.7 cm³/mol. The number of carboxylic acids is 1. The molecule has 2 N–H and O–H groups in total. The van der Waals surface area contributed by atoms with Crippen LogP contribution in [-0.4, -0.2) is 35.6 Å². The van der Waals surface area contributed by atoms with Gasteiger partial charge in [0.25, 0.3) is 0 Å². The lowest BCUT2D eigenvalue weighted by Crippen LogP contribution is -2.37. The predicted octanol–water partition coefficient (Wildman–Crippen LogP) is 1.55. The number of amides is 2. The van der Waals surface area contributed by atoms with Crippen LogP contribution in [0.3, 0.4) is 0 Å². The summed E-state index contributed by atoms with van der Waals surface area (Å²) in [6.07, 6.45) is 5.58. The Morgan fingerprint density at radius 3 is 2.53 bits per heavy atom. The van der Waals surface area contributed by atoms with Gasteiger partial charge in [0.1, 0.15) is 0 Å². The van der Waals surface area contributed by atoms with Crippen molar-refractivity contribution in [2.45, 2.75) is 13.0 Å². The molecule has 0 atom stereocenters. The molecule has 19 heavy (non-hydrogen) atoms. The van der Waals surface area contributed by atoms with Gasteiger partial charge >= 0.3 is 12.0 Å². The number of hydrogen-bond acceptors (Lipinski definition) is 2. The Bertz CT molecular complexity index is 488. The first kappa shape index (κ1) is 14.6. The summed E-state index contributed by atoms with van der Waals surface area (Å²) in [5, 5.41) is 11.5. The van der Waals surface area contributed by atoms with Crippen LogP contribution in [0.15, 0.2) is 24.3 Å². The number of benzene rings is 1. The van der Waals surface area contributed by atoms with Crippen LogP contribution < -0.4 is 5.32 Å². The third-order valence-electron chi connectivity index (χ3n) is 2.51. The lowest BCUT2D eigenvalue weighted by atomic mass is 10.1. The van der Waals surface area contributed by atoms with E-state index in [9.17, 15) is 9.59 Å². The Kier molecular flexibility index (Phi) is 5.42. The Morgan fingerprint density at radius 1 is 1.37 bits per heavy atom. The van der Waals surface area contributed by atoms with Crippen molar-refractivity contribution in [2.75, 3.05) is 13.6 Å². The van der Waals surface area contributed by atoms with Crippen LogP contribution in [-0.2, 0) is 6.54 Å². The van der Waals surface area contributed by atoms with E-state index < -0.39 is 5.97 Å². The van der Waals surface area contributed by atoms with Crippen LogP contribution in [0.4, 0.5) is 4.79 Å². The second-order valence-electron chi connectivity index (χ2n) is 4.04. The summed E-state index contributed by atoms with van der Waals surface area (Å²) in [5.74, 6) is 1.47. The minimum Gasteiger partial charge on any atom is -0.478 e. The standard InChI is InChI=1S/C14H16N2O3/c1-3-4-9-15-14(19)16(2)10-11-5-7-12(8-6-11)13(17)18/h1,5-8H,4,9-10H2,2H3,(H,15,19)(H,17,18). The SMILES string of the molecule is C#CCCNC(=O)N(C)Cc1ccc(C(=O)O)cc1. The van der Waals surface area contributed by atoms with Crippen molar-refractivity contribution in [1.29, 1.82) is 0 Å². The molecule has 0 saturated carbocycles. The highest BCUT2D eigenvalue weighted by atomic mass is 16.4. The maximum absolute atomic E-state index is 11.6. The second kappa shape index (κ2) is 7.07. The number of urea groups is 1. The molecule has 1 aromatic rings. The minimum absolute atomic E-state index is 0.211. The summed E-state index contributed by atoms with van der Waals surface area (Å²) in [7, 11) is 1.66. The zero-order valence-corrected chi connectivity index (χ0v) is 10.7. The number of rotatable bonds is 5. The highest BCUT2D eigenvalue weighted by Crippen LogP contribution is 2.07. The van der Waals surface area contributed by atoms with Crippen LogP contribution >= 0.6 is 0 Å². The van der Waals surface area contributed by atoms with Gasteiger partial charge in [-0.15, -0.1) is 12.3 Å². The van der Waals surface area contributed by atoms with E-state index in [0.29, 0.717) is 19.5 Å². The molecular formula is C14H16N2O3. The van der Waals surface area contributed by atoms with Crippen molar-refractivity contribution in [2.24, 2.45) is 0 Å². The first-order chi connectivity index (χ1) is 9.04. The first-order valence-corrected chi connectivity index (χ1v) is 5.79. The van der Waals surface area contributed by atoms with Gasteiger partial charge in [-0.05, 0) is 17.7 Å². The van der Waals surface area contributed by atoms with E-state index in [-0.39, 0.29) is 11.6 Å². The molecule has 0 aromatic heterocycles. The molecule has 0 fully saturated rings. The summed E-state index contributed by atoms with van der Waals surface area (Å²) in [6.45, 7) is 0.847. The first-order valence-electron chi connectivity index (χ1n) is 5.79. The molecule has 2 amide bonds. The molecule has 0 aliphatic carbocycles. The number of aromatic carboxylic acids is 1. The lowest BCUT2D eigenvalue weighted by Gasteiger charge is -2.17. The number of terminal acetylenes is 1. The Balaban J connectivity index is 2.52. The van der Waals surface area contributed by atoms with E-state index >= 15 is 0 Å². The molecule has 1 aromatic carbocycles. The molecule has 1 rings (SSSR count). The quantitative estimate of drug-likeness (QED) is 0.623. The van der Waals surface area contributed by atoms with Crippen molar-refractivity contribution < 1.29 is 14.7 Å². The molecule has 0 radical (unpaired) electrons. The van der Waals surface area contributed by atoms with Crippen LogP contribution in [0.5, 0.6) is 0 Å². The van der Waals surface area contributed by atoms with Crippen molar-refractivity contribution in [3.8, 4) is 12.3 Å². The average molecular weight is 260 g/mol. The van der Waals surface area contributed by atoms with Crippen molar-refractivity contribution in [1.82, 2.24) is 10.2 Å². The summed E-state index contributed by atoms with van der Waals surface area (Å²) in [5.41, 5.74) is 1.09. The number of carboxylic acid groups (broad SMARTS) is 1. The number of carbonyl (C=O) groups is 2. The summed E-state index contributed by atoms with van der Waals surface area (Å²) in [6, 6.07) is 6.20. The zero-order chi connectivity index (χ0) is 14.3. The van der Waals surface area contributed by atoms with E-state index in [1.165, 1.54) is 17.0 Å². The zero-order valence-electron chi connectivity index (χ0n) is 10.7. The van der Waals surface area contributed by atoms with Crippen molar-refractivity contribution >= 4 is 12.0 Å². The van der Waals surface area contributed by atoms with E-state index in [0.717, 1.165) is 5.56 Å². The van der Waals surface area contributed by atoms with Crippen LogP contribution in [0.1, 0.15) is 22.3 Å². The van der Waals surface area contributed by atoms with Gasteiger partial charge in [-0.1, -0.05) is 12.1 Å². The number of hydrogen-bond donors (Lipinski definition) is 2. The van der Waals surface area contributed by atoms with Gasteiger partial charge in [0.05, 0.1) is 5.56 Å². The molecule has 0 saturated heterocycles. The summed E-state index contributed by atoms with van der Waals surface area (Å²) >= 11 is 0. The van der Waals surface area contributed by atoms with E-state index in [1.807, 2.05) is 0 Å². The summed E-state index contributed by atoms with van der Waals surface area (Å²) in [4.78, 5) is 23.9. The maximum atomic E-state index is 11.6. The van der Waals surface area contributed by atoms with Gasteiger partial charge in [0.15, 0.2) is 0 Å². The smallest absolute Gasteiger partial charge is 0.335 e. The van der Waals surface area contributed by atoms with Crippen molar-refractivity contribution in [3.05, 3.63) is 35.4 Å². The highest BCUT2D eigenvalue weighted by Gasteiger charge is 2.08. The molecule has 0 spiro atoms. The molecule has 0 aliphatic rings. The molecular weight excluding hydrogens is 244 g/mol. The summed E-state index contributed by atoms with van der Waals surface area (Å²) < 4.78 is 0. The van der Waals surface area contributed by atoms with Gasteiger partial charge in [0.2, 0.25) is 0 Å². The number of nitrogens with one attached hydrogen (secondary N) is 1. The van der Waals surface area contributed by atoms with Gasteiger partial charge in [-0.3, -0.25) is 0 Å². The number of nitrogens with zero attached hydrogens (tertiary/aromatic N) is 1.